The lowest BCUT2D eigenvalue weighted by Crippen LogP contribution is -2.39. The average Bonchev–Trinajstić information content (AvgIpc) is 4.00. The van der Waals surface area contributed by atoms with Crippen molar-refractivity contribution in [2.24, 2.45) is 0 Å². The highest BCUT2D eigenvalue weighted by Crippen LogP contribution is 2.74. The third kappa shape index (κ3) is 6.50. The van der Waals surface area contributed by atoms with Gasteiger partial charge in [-0.05, 0) is 121 Å². The molecule has 13 rings (SSSR count). The van der Waals surface area contributed by atoms with Gasteiger partial charge >= 0.3 is 22.3 Å². The summed E-state index contributed by atoms with van der Waals surface area (Å²) in [6.07, 6.45) is 0. The lowest BCUT2D eigenvalue weighted by molar-refractivity contribution is 0.581. The summed E-state index contributed by atoms with van der Waals surface area (Å²) < 4.78 is 65.0. The number of hydrogen-bond donors (Lipinski definition) is 0. The minimum absolute atomic E-state index is 0.0957. The van der Waals surface area contributed by atoms with E-state index in [4.69, 9.17) is 4.98 Å². The van der Waals surface area contributed by atoms with Crippen LogP contribution in [0.5, 0.6) is 0 Å². The fourth-order valence-corrected chi connectivity index (χ4v) is 19.6. The fraction of sp³-hybridized carbons (Fsp3) is 0. The van der Waals surface area contributed by atoms with E-state index < -0.39 is 22.3 Å². The zero-order chi connectivity index (χ0) is 48.4. The second-order valence-electron chi connectivity index (χ2n) is 17.5. The molecule has 0 saturated heterocycles. The van der Waals surface area contributed by atoms with Gasteiger partial charge in [0, 0.05) is 34.1 Å². The minimum Gasteiger partial charge on any atom is -0.270 e. The van der Waals surface area contributed by atoms with Gasteiger partial charge in [0.05, 0.1) is 39.4 Å². The average molecular weight is 992 g/mol. The number of anilines is 12. The minimum atomic E-state index is -4.34. The summed E-state index contributed by atoms with van der Waals surface area (Å²) in [5.74, 6) is 0. The van der Waals surface area contributed by atoms with E-state index in [2.05, 4.69) is 0 Å². The van der Waals surface area contributed by atoms with Crippen LogP contribution in [-0.4, -0.2) is 4.98 Å². The Kier molecular flexibility index (Phi) is 10.4. The standard InChI is InChI=1S/C59H44N7O3P3/c67-70(61(45-25-7-1-8-26-45)52-37-19-20-38-53(52)62(70)46-27-9-2-10-28-46)51-43-58(71(68)63(47-29-11-3-12-30-47)54-39-21-22-40-55(54)64(71)48-31-13-4-14-32-48)60-59(44-51)72(69)65(49-33-15-5-16-34-49)56-41-23-24-42-57(56)66(72)50-35-17-6-18-36-50/h1-44H. The molecular formula is C59H44N7O3P3. The first-order valence-corrected chi connectivity index (χ1v) is 28.5. The van der Waals surface area contributed by atoms with Crippen LogP contribution in [0, 0.1) is 0 Å². The Morgan fingerprint density at radius 3 is 0.625 bits per heavy atom. The van der Waals surface area contributed by atoms with Gasteiger partial charge in [0.15, 0.2) is 0 Å². The van der Waals surface area contributed by atoms with Crippen molar-refractivity contribution in [3.05, 3.63) is 267 Å². The molecule has 0 unspecified atom stereocenters. The highest BCUT2D eigenvalue weighted by molar-refractivity contribution is 7.78. The molecule has 3 aliphatic heterocycles. The highest BCUT2D eigenvalue weighted by atomic mass is 31.2. The van der Waals surface area contributed by atoms with Crippen molar-refractivity contribution in [2.75, 3.05) is 28.0 Å². The van der Waals surface area contributed by atoms with E-state index in [1.807, 2.05) is 283 Å². The van der Waals surface area contributed by atoms with Crippen LogP contribution in [0.15, 0.2) is 267 Å². The molecule has 0 atom stereocenters. The number of fused-ring (bicyclic) bond motifs is 3. The summed E-state index contributed by atoms with van der Waals surface area (Å²) in [6, 6.07) is 85.1. The summed E-state index contributed by atoms with van der Waals surface area (Å²) in [5, 5.41) is 0.283. The number of pyridine rings is 1. The zero-order valence-electron chi connectivity index (χ0n) is 38.6. The SMILES string of the molecule is O=P1(c2cc(P3(=O)N(c4ccccc4)c4ccccc4N3c3ccccc3)nc(P3(=O)N(c4ccccc4)c4ccccc4N3c3ccccc3)c2)N(c2ccccc2)c2ccccc2N1c1ccccc1. The molecule has 4 heterocycles. The van der Waals surface area contributed by atoms with Crippen LogP contribution >= 0.6 is 22.3 Å². The van der Waals surface area contributed by atoms with Gasteiger partial charge in [-0.2, -0.15) is 0 Å². The van der Waals surface area contributed by atoms with E-state index >= 15 is 13.7 Å². The lowest BCUT2D eigenvalue weighted by Gasteiger charge is -2.37. The third-order valence-electron chi connectivity index (χ3n) is 13.4. The number of aromatic nitrogens is 1. The fourth-order valence-electron chi connectivity index (χ4n) is 10.4. The quantitative estimate of drug-likeness (QED) is 0.130. The molecule has 9 aromatic carbocycles. The number of para-hydroxylation sites is 12. The molecule has 348 valence electrons. The first-order chi connectivity index (χ1) is 35.4. The third-order valence-corrected chi connectivity index (χ3v) is 21.9. The van der Waals surface area contributed by atoms with E-state index in [1.165, 1.54) is 0 Å². The Morgan fingerprint density at radius 1 is 0.236 bits per heavy atom. The van der Waals surface area contributed by atoms with E-state index in [0.29, 0.717) is 68.2 Å². The molecule has 0 aliphatic carbocycles. The lowest BCUT2D eigenvalue weighted by atomic mass is 10.2. The molecular weight excluding hydrogens is 948 g/mol. The first kappa shape index (κ1) is 43.6. The topological polar surface area (TPSA) is 83.5 Å². The van der Waals surface area contributed by atoms with E-state index in [0.717, 1.165) is 0 Å². The summed E-state index contributed by atoms with van der Waals surface area (Å²) in [6.45, 7) is 0. The van der Waals surface area contributed by atoms with Crippen molar-refractivity contribution in [1.82, 2.24) is 4.98 Å². The number of rotatable bonds is 9. The van der Waals surface area contributed by atoms with E-state index in [-0.39, 0.29) is 16.2 Å². The maximum Gasteiger partial charge on any atom is 0.319 e. The summed E-state index contributed by atoms with van der Waals surface area (Å²) >= 11 is 0. The maximum atomic E-state index is 17.9. The van der Waals surface area contributed by atoms with Gasteiger partial charge in [-0.1, -0.05) is 146 Å². The number of nitrogens with zero attached hydrogens (tertiary/aromatic N) is 7. The van der Waals surface area contributed by atoms with Gasteiger partial charge < -0.3 is 0 Å². The molecule has 10 aromatic rings. The van der Waals surface area contributed by atoms with Crippen LogP contribution in [0.3, 0.4) is 0 Å². The van der Waals surface area contributed by atoms with Crippen LogP contribution in [0.1, 0.15) is 0 Å². The maximum absolute atomic E-state index is 17.9. The predicted octanol–water partition coefficient (Wildman–Crippen LogP) is 15.5. The van der Waals surface area contributed by atoms with Crippen molar-refractivity contribution >= 4 is 107 Å². The first-order valence-electron chi connectivity index (χ1n) is 23.6. The largest absolute Gasteiger partial charge is 0.319 e. The van der Waals surface area contributed by atoms with Crippen LogP contribution in [-0.2, 0) is 13.7 Å². The van der Waals surface area contributed by atoms with E-state index in [1.54, 1.807) is 12.1 Å². The van der Waals surface area contributed by atoms with Crippen LogP contribution in [0.4, 0.5) is 68.2 Å². The second-order valence-corrected chi connectivity index (χ2v) is 24.6. The van der Waals surface area contributed by atoms with Crippen molar-refractivity contribution < 1.29 is 13.7 Å². The van der Waals surface area contributed by atoms with Gasteiger partial charge in [0.2, 0.25) is 0 Å². The van der Waals surface area contributed by atoms with E-state index in [9.17, 15) is 0 Å². The highest BCUT2D eigenvalue weighted by Gasteiger charge is 2.56. The van der Waals surface area contributed by atoms with Crippen molar-refractivity contribution in [3.63, 3.8) is 0 Å². The van der Waals surface area contributed by atoms with Crippen molar-refractivity contribution in [2.45, 2.75) is 0 Å². The summed E-state index contributed by atoms with van der Waals surface area (Å²) in [7, 11) is -12.9. The van der Waals surface area contributed by atoms with Gasteiger partial charge in [-0.25, -0.2) is 4.98 Å². The Labute approximate surface area is 418 Å². The predicted molar refractivity (Wildman–Crippen MR) is 297 cm³/mol. The van der Waals surface area contributed by atoms with Gasteiger partial charge in [0.25, 0.3) is 0 Å². The zero-order valence-corrected chi connectivity index (χ0v) is 41.3. The second kappa shape index (κ2) is 17.2. The van der Waals surface area contributed by atoms with Crippen molar-refractivity contribution in [1.29, 1.82) is 0 Å². The number of hydrogen-bond acceptors (Lipinski definition) is 4. The molecule has 0 N–H and O–H groups in total. The molecule has 13 heteroatoms. The number of benzene rings is 9. The van der Waals surface area contributed by atoms with Crippen LogP contribution in [0.2, 0.25) is 0 Å². The Morgan fingerprint density at radius 2 is 0.417 bits per heavy atom. The molecule has 3 aliphatic rings. The Balaban J connectivity index is 1.19. The Hall–Kier alpha value is -8.38. The van der Waals surface area contributed by atoms with Crippen LogP contribution in [0.25, 0.3) is 0 Å². The van der Waals surface area contributed by atoms with Crippen LogP contribution < -0.4 is 44.2 Å². The molecule has 72 heavy (non-hydrogen) atoms. The molecule has 0 bridgehead atoms. The summed E-state index contributed by atoms with van der Waals surface area (Å²) in [4.78, 5) is 5.61. The molecule has 0 saturated carbocycles. The molecule has 0 amide bonds. The monoisotopic (exact) mass is 991 g/mol. The normalized spacial score (nSPS) is 15.8. The van der Waals surface area contributed by atoms with Crippen molar-refractivity contribution in [3.8, 4) is 0 Å². The summed E-state index contributed by atoms with van der Waals surface area (Å²) in [5.41, 5.74) is 8.39. The molecule has 0 spiro atoms. The molecule has 0 fully saturated rings. The molecule has 0 radical (unpaired) electrons. The molecule has 1 aromatic heterocycles. The smallest absolute Gasteiger partial charge is 0.270 e. The van der Waals surface area contributed by atoms with Gasteiger partial charge in [0.1, 0.15) is 10.9 Å². The van der Waals surface area contributed by atoms with Gasteiger partial charge in [-0.15, -0.1) is 0 Å². The molecule has 10 nitrogen and oxygen atoms in total. The van der Waals surface area contributed by atoms with Gasteiger partial charge in [-0.3, -0.25) is 41.7 Å². The Bertz CT molecular complexity index is 3180.